The maximum Gasteiger partial charge on any atom is 0.295 e. The van der Waals surface area contributed by atoms with Crippen LogP contribution in [0.4, 0.5) is 8.78 Å². The molecule has 0 saturated carbocycles. The van der Waals surface area contributed by atoms with Gasteiger partial charge in [-0.05, 0) is 46.6 Å². The quantitative estimate of drug-likeness (QED) is 0.223. The lowest BCUT2D eigenvalue weighted by Gasteiger charge is -2.19. The minimum absolute atomic E-state index is 0.173. The molecule has 1 heterocycles. The minimum atomic E-state index is -3.37. The first-order valence-electron chi connectivity index (χ1n) is 11.6. The molecule has 0 aliphatic carbocycles. The van der Waals surface area contributed by atoms with Crippen LogP contribution in [0.3, 0.4) is 0 Å². The van der Waals surface area contributed by atoms with Crippen molar-refractivity contribution in [1.29, 1.82) is 0 Å². The number of rotatable bonds is 11. The van der Waals surface area contributed by atoms with Gasteiger partial charge in [-0.1, -0.05) is 37.8 Å². The number of nitrogens with one attached hydrogen (secondary N) is 1. The number of hydrogen-bond acceptors (Lipinski definition) is 5. The molecule has 7 nitrogen and oxygen atoms in total. The molecule has 3 aromatic rings. The molecule has 0 radical (unpaired) electrons. The van der Waals surface area contributed by atoms with Gasteiger partial charge in [-0.25, -0.2) is 4.68 Å². The van der Waals surface area contributed by atoms with Gasteiger partial charge in [0.05, 0.1) is 40.3 Å². The second kappa shape index (κ2) is 11.4. The lowest BCUT2D eigenvalue weighted by atomic mass is 10.0. The fourth-order valence-corrected chi connectivity index (χ4v) is 5.08. The summed E-state index contributed by atoms with van der Waals surface area (Å²) in [5.41, 5.74) is 1.06. The summed E-state index contributed by atoms with van der Waals surface area (Å²) in [6, 6.07) is 7.74. The molecule has 0 fully saturated rings. The Kier molecular flexibility index (Phi) is 8.91. The smallest absolute Gasteiger partial charge is 0.295 e. The third-order valence-corrected chi connectivity index (χ3v) is 8.13. The number of amides is 1. The molecule has 0 aliphatic heterocycles. The van der Waals surface area contributed by atoms with Gasteiger partial charge in [-0.3, -0.25) is 4.79 Å². The number of aliphatic hydroxyl groups is 1. The third-order valence-electron chi connectivity index (χ3n) is 5.84. The van der Waals surface area contributed by atoms with E-state index in [0.29, 0.717) is 38.9 Å². The van der Waals surface area contributed by atoms with E-state index >= 15 is 0 Å². The van der Waals surface area contributed by atoms with Gasteiger partial charge >= 0.3 is 0 Å². The number of aromatic nitrogens is 2. The van der Waals surface area contributed by atoms with Crippen LogP contribution in [0.1, 0.15) is 34.5 Å². The van der Waals surface area contributed by atoms with E-state index in [1.807, 2.05) is 0 Å². The number of alkyl halides is 2. The van der Waals surface area contributed by atoms with Crippen molar-refractivity contribution in [3.63, 3.8) is 0 Å². The zero-order chi connectivity index (χ0) is 26.7. The van der Waals surface area contributed by atoms with E-state index in [1.54, 1.807) is 29.9 Å². The van der Waals surface area contributed by atoms with Crippen molar-refractivity contribution in [2.24, 2.45) is 0 Å². The van der Waals surface area contributed by atoms with E-state index in [1.165, 1.54) is 25.3 Å². The predicted octanol–water partition coefficient (Wildman–Crippen LogP) is 5.69. The Morgan fingerprint density at radius 1 is 1.31 bits per heavy atom. The largest absolute Gasteiger partial charge is 0.495 e. The molecule has 0 aliphatic rings. The van der Waals surface area contributed by atoms with E-state index in [4.69, 9.17) is 14.6 Å². The highest BCUT2D eigenvalue weighted by Crippen LogP contribution is 2.36. The van der Waals surface area contributed by atoms with Crippen molar-refractivity contribution < 1.29 is 28.2 Å². The Labute approximate surface area is 218 Å². The number of halogens is 3. The third kappa shape index (κ3) is 6.50. The second-order valence-electron chi connectivity index (χ2n) is 9.88. The zero-order valence-corrected chi connectivity index (χ0v) is 23.7. The van der Waals surface area contributed by atoms with Crippen LogP contribution in [0, 0.1) is 0 Å². The standard InChI is InChI=1S/C25H32BrF2N3O4Si/c1-16(17-7-6-8-18(11-17)25(27,28)14-32)30-24(33)19-12-21(26)23(34-2)20-13-29-31(22(19)20)15-35-9-10-36(3,4)5/h6-8,11-13,16,32H,9-10,14-15H2,1-5H3,(H,30,33). The Bertz CT molecular complexity index is 1230. The van der Waals surface area contributed by atoms with Crippen molar-refractivity contribution in [1.82, 2.24) is 15.1 Å². The summed E-state index contributed by atoms with van der Waals surface area (Å²) in [6.45, 7) is 8.00. The van der Waals surface area contributed by atoms with Crippen molar-refractivity contribution in [3.8, 4) is 5.75 Å². The monoisotopic (exact) mass is 583 g/mol. The SMILES string of the molecule is COc1c(Br)cc(C(=O)NC(C)c2cccc(C(F)(F)CO)c2)c2c1cnn2COCC[Si](C)(C)C. The number of methoxy groups -OCH3 is 1. The van der Waals surface area contributed by atoms with Crippen LogP contribution in [0.25, 0.3) is 10.9 Å². The minimum Gasteiger partial charge on any atom is -0.495 e. The number of carbonyl (C=O) groups is 1. The van der Waals surface area contributed by atoms with Crippen LogP contribution in [0.2, 0.25) is 25.7 Å². The number of benzene rings is 2. The van der Waals surface area contributed by atoms with Gasteiger partial charge in [0.1, 0.15) is 19.1 Å². The van der Waals surface area contributed by atoms with Gasteiger partial charge in [-0.15, -0.1) is 0 Å². The van der Waals surface area contributed by atoms with Crippen molar-refractivity contribution in [3.05, 3.63) is 57.7 Å². The lowest BCUT2D eigenvalue weighted by molar-refractivity contribution is -0.0556. The topological polar surface area (TPSA) is 85.6 Å². The lowest BCUT2D eigenvalue weighted by Crippen LogP contribution is -2.28. The van der Waals surface area contributed by atoms with Crippen LogP contribution in [0.15, 0.2) is 41.0 Å². The van der Waals surface area contributed by atoms with E-state index in [0.717, 1.165) is 6.04 Å². The summed E-state index contributed by atoms with van der Waals surface area (Å²) in [5, 5.41) is 17.0. The van der Waals surface area contributed by atoms with Gasteiger partial charge < -0.3 is 19.9 Å². The highest BCUT2D eigenvalue weighted by molar-refractivity contribution is 9.10. The van der Waals surface area contributed by atoms with E-state index in [9.17, 15) is 13.6 Å². The van der Waals surface area contributed by atoms with Gasteiger partial charge in [-0.2, -0.15) is 13.9 Å². The maximum atomic E-state index is 14.0. The molecule has 1 amide bonds. The Hall–Kier alpha value is -2.34. The van der Waals surface area contributed by atoms with Crippen LogP contribution in [0.5, 0.6) is 5.75 Å². The van der Waals surface area contributed by atoms with Crippen LogP contribution < -0.4 is 10.1 Å². The molecule has 1 unspecified atom stereocenters. The Morgan fingerprint density at radius 2 is 2.03 bits per heavy atom. The molecule has 2 N–H and O–H groups in total. The number of nitrogens with zero attached hydrogens (tertiary/aromatic N) is 2. The van der Waals surface area contributed by atoms with Gasteiger partial charge in [0.15, 0.2) is 0 Å². The highest BCUT2D eigenvalue weighted by Gasteiger charge is 2.31. The normalized spacial score (nSPS) is 13.1. The van der Waals surface area contributed by atoms with Crippen molar-refractivity contribution >= 4 is 40.8 Å². The fraction of sp³-hybridized carbons (Fsp3) is 0.440. The molecule has 1 atom stereocenters. The number of hydrogen-bond donors (Lipinski definition) is 2. The summed E-state index contributed by atoms with van der Waals surface area (Å²) < 4.78 is 41.5. The molecule has 2 aromatic carbocycles. The van der Waals surface area contributed by atoms with Gasteiger partial charge in [0.2, 0.25) is 0 Å². The number of aliphatic hydroxyl groups excluding tert-OH is 1. The number of carbonyl (C=O) groups excluding carboxylic acids is 1. The molecule has 11 heteroatoms. The molecular formula is C25H32BrF2N3O4Si. The summed E-state index contributed by atoms with van der Waals surface area (Å²) in [7, 11) is 0.281. The highest BCUT2D eigenvalue weighted by atomic mass is 79.9. The predicted molar refractivity (Wildman–Crippen MR) is 141 cm³/mol. The summed E-state index contributed by atoms with van der Waals surface area (Å²) in [5.74, 6) is -3.23. The van der Waals surface area contributed by atoms with Gasteiger partial charge in [0.25, 0.3) is 11.8 Å². The molecule has 0 saturated heterocycles. The average molecular weight is 585 g/mol. The fourth-order valence-electron chi connectivity index (χ4n) is 3.72. The molecular weight excluding hydrogens is 552 g/mol. The first-order chi connectivity index (χ1) is 16.9. The molecule has 0 bridgehead atoms. The molecule has 1 aromatic heterocycles. The number of ether oxygens (including phenoxy) is 2. The first kappa shape index (κ1) is 28.2. The summed E-state index contributed by atoms with van der Waals surface area (Å²) in [4.78, 5) is 13.4. The average Bonchev–Trinajstić information content (AvgIpc) is 3.24. The zero-order valence-electron chi connectivity index (χ0n) is 21.1. The van der Waals surface area contributed by atoms with Crippen molar-refractivity contribution in [2.75, 3.05) is 20.3 Å². The van der Waals surface area contributed by atoms with E-state index in [2.05, 4.69) is 46.0 Å². The Balaban J connectivity index is 1.90. The molecule has 36 heavy (non-hydrogen) atoms. The summed E-state index contributed by atoms with van der Waals surface area (Å²) in [6.07, 6.45) is 1.63. The molecule has 3 rings (SSSR count). The second-order valence-corrected chi connectivity index (χ2v) is 16.4. The number of fused-ring (bicyclic) bond motifs is 1. The van der Waals surface area contributed by atoms with E-state index < -0.39 is 32.6 Å². The summed E-state index contributed by atoms with van der Waals surface area (Å²) >= 11 is 3.47. The van der Waals surface area contributed by atoms with Crippen LogP contribution in [-0.2, 0) is 17.4 Å². The van der Waals surface area contributed by atoms with Crippen LogP contribution in [-0.4, -0.2) is 49.2 Å². The maximum absolute atomic E-state index is 14.0. The van der Waals surface area contributed by atoms with Gasteiger partial charge in [0, 0.05) is 20.2 Å². The van der Waals surface area contributed by atoms with Crippen molar-refractivity contribution in [2.45, 2.75) is 51.3 Å². The molecule has 0 spiro atoms. The van der Waals surface area contributed by atoms with E-state index in [-0.39, 0.29) is 12.3 Å². The molecule has 196 valence electrons. The Morgan fingerprint density at radius 3 is 2.67 bits per heavy atom. The first-order valence-corrected chi connectivity index (χ1v) is 16.1. The van der Waals surface area contributed by atoms with Crippen LogP contribution >= 0.6 is 15.9 Å².